The van der Waals surface area contributed by atoms with Crippen molar-refractivity contribution >= 4 is 6.09 Å². The average Bonchev–Trinajstić information content (AvgIpc) is 2.65. The van der Waals surface area contributed by atoms with E-state index in [1.165, 1.54) is 0 Å². The molecule has 100 valence electrons. The summed E-state index contributed by atoms with van der Waals surface area (Å²) in [6, 6.07) is 1.98. The number of hydrogen-bond acceptors (Lipinski definition) is 3. The minimum atomic E-state index is -0.251. The Kier molecular flexibility index (Phi) is 2.87. The van der Waals surface area contributed by atoms with Crippen molar-refractivity contribution in [2.24, 2.45) is 7.05 Å². The zero-order chi connectivity index (χ0) is 13.7. The molecule has 1 saturated heterocycles. The number of rotatable bonds is 1. The van der Waals surface area contributed by atoms with Crippen LogP contribution in [0, 0.1) is 6.92 Å². The van der Waals surface area contributed by atoms with Crippen molar-refractivity contribution < 1.29 is 9.53 Å². The highest BCUT2D eigenvalue weighted by atomic mass is 16.6. The first-order valence-corrected chi connectivity index (χ1v) is 6.22. The van der Waals surface area contributed by atoms with E-state index in [-0.39, 0.29) is 23.8 Å². The number of aromatic nitrogens is 2. The molecule has 1 fully saturated rings. The van der Waals surface area contributed by atoms with E-state index in [1.54, 1.807) is 9.58 Å². The topological polar surface area (TPSA) is 47.4 Å². The zero-order valence-electron chi connectivity index (χ0n) is 11.9. The van der Waals surface area contributed by atoms with Gasteiger partial charge in [0.25, 0.3) is 0 Å². The summed E-state index contributed by atoms with van der Waals surface area (Å²) in [4.78, 5) is 13.8. The third kappa shape index (κ3) is 1.98. The SMILES string of the molecule is Cc1cc([C@H]2OC(=O)N(C(C)(C)C)[C@H]2C)n(C)n1. The quantitative estimate of drug-likeness (QED) is 0.770. The molecule has 1 aliphatic heterocycles. The summed E-state index contributed by atoms with van der Waals surface area (Å²) in [6.07, 6.45) is -0.498. The van der Waals surface area contributed by atoms with Gasteiger partial charge in [0.15, 0.2) is 6.10 Å². The summed E-state index contributed by atoms with van der Waals surface area (Å²) in [5, 5.41) is 4.31. The molecule has 1 aliphatic rings. The highest BCUT2D eigenvalue weighted by Crippen LogP contribution is 2.36. The molecule has 5 nitrogen and oxygen atoms in total. The molecule has 18 heavy (non-hydrogen) atoms. The van der Waals surface area contributed by atoms with Crippen molar-refractivity contribution in [3.05, 3.63) is 17.5 Å². The van der Waals surface area contributed by atoms with Gasteiger partial charge in [-0.2, -0.15) is 5.10 Å². The molecule has 1 aromatic heterocycles. The number of aryl methyl sites for hydroxylation is 2. The monoisotopic (exact) mass is 251 g/mol. The van der Waals surface area contributed by atoms with Gasteiger partial charge in [-0.3, -0.25) is 9.58 Å². The fourth-order valence-corrected chi connectivity index (χ4v) is 2.65. The number of ether oxygens (including phenoxy) is 1. The van der Waals surface area contributed by atoms with Gasteiger partial charge in [-0.15, -0.1) is 0 Å². The number of amides is 1. The Balaban J connectivity index is 2.34. The molecule has 0 aromatic carbocycles. The second kappa shape index (κ2) is 4.00. The Morgan fingerprint density at radius 2 is 2.00 bits per heavy atom. The van der Waals surface area contributed by atoms with Crippen molar-refractivity contribution in [2.75, 3.05) is 0 Å². The van der Waals surface area contributed by atoms with Crippen LogP contribution in [-0.4, -0.2) is 32.4 Å². The molecule has 1 aromatic rings. The number of hydrogen-bond donors (Lipinski definition) is 0. The van der Waals surface area contributed by atoms with Gasteiger partial charge < -0.3 is 4.74 Å². The van der Waals surface area contributed by atoms with Crippen molar-refractivity contribution in [3.8, 4) is 0 Å². The molecule has 5 heteroatoms. The summed E-state index contributed by atoms with van der Waals surface area (Å²) in [5.74, 6) is 0. The lowest BCUT2D eigenvalue weighted by Gasteiger charge is -2.33. The number of nitrogens with zero attached hydrogens (tertiary/aromatic N) is 3. The molecule has 2 atom stereocenters. The minimum Gasteiger partial charge on any atom is -0.437 e. The Labute approximate surface area is 108 Å². The molecule has 0 spiro atoms. The van der Waals surface area contributed by atoms with Gasteiger partial charge in [-0.05, 0) is 40.7 Å². The maximum Gasteiger partial charge on any atom is 0.411 e. The second-order valence-electron chi connectivity index (χ2n) is 5.92. The van der Waals surface area contributed by atoms with Crippen LogP contribution in [0.1, 0.15) is 45.2 Å². The summed E-state index contributed by atoms with van der Waals surface area (Å²) < 4.78 is 7.31. The lowest BCUT2D eigenvalue weighted by atomic mass is 10.0. The molecule has 0 saturated carbocycles. The molecule has 2 heterocycles. The van der Waals surface area contributed by atoms with Gasteiger partial charge in [-0.25, -0.2) is 4.79 Å². The fourth-order valence-electron chi connectivity index (χ4n) is 2.65. The van der Waals surface area contributed by atoms with Gasteiger partial charge in [0.05, 0.1) is 17.4 Å². The van der Waals surface area contributed by atoms with E-state index in [2.05, 4.69) is 5.10 Å². The first-order valence-electron chi connectivity index (χ1n) is 6.22. The van der Waals surface area contributed by atoms with E-state index in [9.17, 15) is 4.79 Å². The molecule has 0 radical (unpaired) electrons. The third-order valence-corrected chi connectivity index (χ3v) is 3.32. The first kappa shape index (κ1) is 12.9. The Morgan fingerprint density at radius 1 is 1.39 bits per heavy atom. The normalized spacial score (nSPS) is 24.6. The zero-order valence-corrected chi connectivity index (χ0v) is 11.9. The van der Waals surface area contributed by atoms with E-state index in [0.29, 0.717) is 0 Å². The van der Waals surface area contributed by atoms with Crippen molar-refractivity contribution in [2.45, 2.75) is 52.3 Å². The lowest BCUT2D eigenvalue weighted by Crippen LogP contribution is -2.46. The van der Waals surface area contributed by atoms with Crippen molar-refractivity contribution in [3.63, 3.8) is 0 Å². The van der Waals surface area contributed by atoms with Gasteiger partial charge in [0.2, 0.25) is 0 Å². The fraction of sp³-hybridized carbons (Fsp3) is 0.692. The van der Waals surface area contributed by atoms with Gasteiger partial charge in [-0.1, -0.05) is 0 Å². The maximum absolute atomic E-state index is 12.0. The molecule has 0 aliphatic carbocycles. The van der Waals surface area contributed by atoms with Gasteiger partial charge in [0.1, 0.15) is 0 Å². The van der Waals surface area contributed by atoms with Crippen LogP contribution in [0.15, 0.2) is 6.07 Å². The molecule has 0 bridgehead atoms. The van der Waals surface area contributed by atoms with Crippen LogP contribution >= 0.6 is 0 Å². The minimum absolute atomic E-state index is 0.00676. The first-order chi connectivity index (χ1) is 8.21. The molecule has 0 N–H and O–H groups in total. The molecule has 1 amide bonds. The van der Waals surface area contributed by atoms with E-state index < -0.39 is 0 Å². The molecule has 2 rings (SSSR count). The van der Waals surface area contributed by atoms with Crippen LogP contribution in [-0.2, 0) is 11.8 Å². The van der Waals surface area contributed by atoms with Crippen LogP contribution < -0.4 is 0 Å². The third-order valence-electron chi connectivity index (χ3n) is 3.32. The highest BCUT2D eigenvalue weighted by Gasteiger charge is 2.45. The van der Waals surface area contributed by atoms with Gasteiger partial charge >= 0.3 is 6.09 Å². The summed E-state index contributed by atoms with van der Waals surface area (Å²) >= 11 is 0. The Bertz CT molecular complexity index is 473. The summed E-state index contributed by atoms with van der Waals surface area (Å²) in [5.41, 5.74) is 1.64. The summed E-state index contributed by atoms with van der Waals surface area (Å²) in [7, 11) is 1.88. The predicted octanol–water partition coefficient (Wildman–Crippen LogP) is 2.41. The largest absolute Gasteiger partial charge is 0.437 e. The van der Waals surface area contributed by atoms with E-state index in [0.717, 1.165) is 11.4 Å². The smallest absolute Gasteiger partial charge is 0.411 e. The van der Waals surface area contributed by atoms with Crippen LogP contribution in [0.4, 0.5) is 4.79 Å². The lowest BCUT2D eigenvalue weighted by molar-refractivity contribution is 0.118. The number of cyclic esters (lactones) is 1. The Hall–Kier alpha value is -1.52. The molecule has 0 unspecified atom stereocenters. The second-order valence-corrected chi connectivity index (χ2v) is 5.92. The number of carbonyl (C=O) groups excluding carboxylic acids is 1. The van der Waals surface area contributed by atoms with E-state index in [1.807, 2.05) is 47.7 Å². The van der Waals surface area contributed by atoms with E-state index >= 15 is 0 Å². The Morgan fingerprint density at radius 3 is 2.39 bits per heavy atom. The van der Waals surface area contributed by atoms with Crippen molar-refractivity contribution in [1.29, 1.82) is 0 Å². The highest BCUT2D eigenvalue weighted by molar-refractivity contribution is 5.71. The van der Waals surface area contributed by atoms with Crippen molar-refractivity contribution in [1.82, 2.24) is 14.7 Å². The maximum atomic E-state index is 12.0. The van der Waals surface area contributed by atoms with Gasteiger partial charge in [0, 0.05) is 12.6 Å². The predicted molar refractivity (Wildman–Crippen MR) is 68.2 cm³/mol. The standard InChI is InChI=1S/C13H21N3O2/c1-8-7-10(15(6)14-8)11-9(2)16(12(17)18-11)13(3,4)5/h7,9,11H,1-6H3/t9-,11-/m0/s1. The van der Waals surface area contributed by atoms with Crippen LogP contribution in [0.3, 0.4) is 0 Å². The number of carbonyl (C=O) groups is 1. The molecular formula is C13H21N3O2. The average molecular weight is 251 g/mol. The summed E-state index contributed by atoms with van der Waals surface area (Å²) in [6.45, 7) is 10.0. The van der Waals surface area contributed by atoms with E-state index in [4.69, 9.17) is 4.74 Å². The van der Waals surface area contributed by atoms with Crippen LogP contribution in [0.25, 0.3) is 0 Å². The molecular weight excluding hydrogens is 230 g/mol. The van der Waals surface area contributed by atoms with Crippen LogP contribution in [0.2, 0.25) is 0 Å². The van der Waals surface area contributed by atoms with Crippen LogP contribution in [0.5, 0.6) is 0 Å².